The quantitative estimate of drug-likeness (QED) is 0.345. The Hall–Kier alpha value is -0.830. The third-order valence-electron chi connectivity index (χ3n) is 1.88. The summed E-state index contributed by atoms with van der Waals surface area (Å²) in [7, 11) is 0. The molecule has 8 heteroatoms. The van der Waals surface area contributed by atoms with Crippen molar-refractivity contribution >= 4 is 23.6 Å². The highest BCUT2D eigenvalue weighted by atomic mass is 32.2. The zero-order valence-corrected chi connectivity index (χ0v) is 10.2. The number of carbonyl (C=O) groups excluding carboxylic acids is 1. The number of aliphatic hydroxyl groups excluding tert-OH is 3. The van der Waals surface area contributed by atoms with Gasteiger partial charge in [-0.15, -0.1) is 0 Å². The van der Waals surface area contributed by atoms with Crippen molar-refractivity contribution in [3.8, 4) is 0 Å². The van der Waals surface area contributed by atoms with Gasteiger partial charge in [-0.1, -0.05) is 0 Å². The first-order chi connectivity index (χ1) is 7.88. The van der Waals surface area contributed by atoms with E-state index in [0.717, 1.165) is 11.8 Å². The van der Waals surface area contributed by atoms with E-state index in [0.29, 0.717) is 0 Å². The summed E-state index contributed by atoms with van der Waals surface area (Å²) in [5, 5.41) is 37.9. The number of hydrogen-bond acceptors (Lipinski definition) is 6. The average Bonchev–Trinajstić information content (AvgIpc) is 2.25. The Kier molecular flexibility index (Phi) is 7.88. The van der Waals surface area contributed by atoms with Crippen molar-refractivity contribution in [1.82, 2.24) is 5.32 Å². The van der Waals surface area contributed by atoms with Crippen LogP contribution in [0, 0.1) is 0 Å². The molecule has 0 aliphatic heterocycles. The van der Waals surface area contributed by atoms with Crippen LogP contribution in [0.25, 0.3) is 0 Å². The Labute approximate surface area is 103 Å². The van der Waals surface area contributed by atoms with E-state index in [-0.39, 0.29) is 11.5 Å². The second-order valence-corrected chi connectivity index (χ2v) is 4.52. The highest BCUT2D eigenvalue weighted by Crippen LogP contribution is 2.08. The fourth-order valence-electron chi connectivity index (χ4n) is 0.959. The average molecular weight is 267 g/mol. The molecular formula is C9H17NO6S. The number of aliphatic hydroxyl groups is 3. The summed E-state index contributed by atoms with van der Waals surface area (Å²) in [6, 6.07) is -1.03. The second kappa shape index (κ2) is 8.29. The summed E-state index contributed by atoms with van der Waals surface area (Å²) in [4.78, 5) is 21.4. The van der Waals surface area contributed by atoms with Gasteiger partial charge in [-0.3, -0.25) is 4.79 Å². The number of carbonyl (C=O) groups is 2. The van der Waals surface area contributed by atoms with Crippen LogP contribution in [-0.4, -0.2) is 68.7 Å². The van der Waals surface area contributed by atoms with E-state index >= 15 is 0 Å². The number of amides is 1. The summed E-state index contributed by atoms with van der Waals surface area (Å²) in [6.45, 7) is 0.654. The molecule has 0 aliphatic rings. The normalized spacial score (nSPS) is 16.0. The molecule has 0 radical (unpaired) electrons. The van der Waals surface area contributed by atoms with E-state index in [1.165, 1.54) is 6.92 Å². The molecule has 0 aromatic rings. The van der Waals surface area contributed by atoms with Crippen molar-refractivity contribution in [2.24, 2.45) is 0 Å². The molecule has 2 unspecified atom stereocenters. The van der Waals surface area contributed by atoms with Crippen LogP contribution in [-0.2, 0) is 9.59 Å². The van der Waals surface area contributed by atoms with Gasteiger partial charge < -0.3 is 25.7 Å². The lowest BCUT2D eigenvalue weighted by molar-refractivity contribution is -0.140. The molecule has 0 heterocycles. The molecule has 0 saturated heterocycles. The van der Waals surface area contributed by atoms with E-state index in [1.807, 2.05) is 0 Å². The van der Waals surface area contributed by atoms with E-state index < -0.39 is 36.7 Å². The highest BCUT2D eigenvalue weighted by Gasteiger charge is 2.20. The van der Waals surface area contributed by atoms with Gasteiger partial charge in [-0.2, -0.15) is 11.8 Å². The Bertz CT molecular complexity index is 262. The van der Waals surface area contributed by atoms with Crippen LogP contribution in [0.4, 0.5) is 0 Å². The van der Waals surface area contributed by atoms with Crippen LogP contribution in [0.2, 0.25) is 0 Å². The van der Waals surface area contributed by atoms with Gasteiger partial charge in [0.15, 0.2) is 0 Å². The van der Waals surface area contributed by atoms with Gasteiger partial charge in [0, 0.05) is 18.4 Å². The number of rotatable bonds is 8. The summed E-state index contributed by atoms with van der Waals surface area (Å²) in [5.41, 5.74) is 0. The van der Waals surface area contributed by atoms with Crippen molar-refractivity contribution in [3.63, 3.8) is 0 Å². The summed E-state index contributed by atoms with van der Waals surface area (Å²) >= 11 is 1.07. The zero-order valence-electron chi connectivity index (χ0n) is 9.37. The largest absolute Gasteiger partial charge is 0.480 e. The van der Waals surface area contributed by atoms with Crippen molar-refractivity contribution in [3.05, 3.63) is 0 Å². The van der Waals surface area contributed by atoms with Crippen molar-refractivity contribution < 1.29 is 30.0 Å². The van der Waals surface area contributed by atoms with Crippen LogP contribution >= 0.6 is 11.8 Å². The molecule has 1 amide bonds. The molecule has 17 heavy (non-hydrogen) atoms. The Morgan fingerprint density at radius 1 is 1.24 bits per heavy atom. The molecule has 100 valence electrons. The van der Waals surface area contributed by atoms with Crippen LogP contribution in [0.15, 0.2) is 0 Å². The van der Waals surface area contributed by atoms with Crippen LogP contribution in [0.3, 0.4) is 0 Å². The molecule has 0 rings (SSSR count). The maximum absolute atomic E-state index is 10.7. The molecule has 0 spiro atoms. The third-order valence-corrected chi connectivity index (χ3v) is 3.03. The SMILES string of the molecule is CC(=O)N[C@@H](CSCC(O)C(O)CO)C(=O)O. The zero-order chi connectivity index (χ0) is 13.4. The molecular weight excluding hydrogens is 250 g/mol. The maximum atomic E-state index is 10.7. The van der Waals surface area contributed by atoms with E-state index in [1.54, 1.807) is 0 Å². The molecule has 0 aromatic carbocycles. The first kappa shape index (κ1) is 16.2. The molecule has 0 aromatic heterocycles. The number of aliphatic carboxylic acids is 1. The molecule has 3 atom stereocenters. The molecule has 5 N–H and O–H groups in total. The fraction of sp³-hybridized carbons (Fsp3) is 0.778. The lowest BCUT2D eigenvalue weighted by atomic mass is 10.2. The molecule has 0 fully saturated rings. The predicted octanol–water partition coefficient (Wildman–Crippen LogP) is -1.98. The number of nitrogens with one attached hydrogen (secondary N) is 1. The Balaban J connectivity index is 3.98. The van der Waals surface area contributed by atoms with Gasteiger partial charge in [0.2, 0.25) is 5.91 Å². The topological polar surface area (TPSA) is 127 Å². The van der Waals surface area contributed by atoms with E-state index in [4.69, 9.17) is 15.3 Å². The lowest BCUT2D eigenvalue weighted by Gasteiger charge is -2.17. The van der Waals surface area contributed by atoms with Gasteiger partial charge in [-0.05, 0) is 0 Å². The summed E-state index contributed by atoms with van der Waals surface area (Å²) < 4.78 is 0. The number of hydrogen-bond donors (Lipinski definition) is 5. The highest BCUT2D eigenvalue weighted by molar-refractivity contribution is 7.99. The van der Waals surface area contributed by atoms with Crippen LogP contribution in [0.5, 0.6) is 0 Å². The minimum atomic E-state index is -1.24. The predicted molar refractivity (Wildman–Crippen MR) is 61.7 cm³/mol. The maximum Gasteiger partial charge on any atom is 0.327 e. The van der Waals surface area contributed by atoms with Crippen molar-refractivity contribution in [2.75, 3.05) is 18.1 Å². The second-order valence-electron chi connectivity index (χ2n) is 3.45. The van der Waals surface area contributed by atoms with Gasteiger partial charge in [0.1, 0.15) is 12.1 Å². The summed E-state index contributed by atoms with van der Waals surface area (Å²) in [5.74, 6) is -1.46. The fourth-order valence-corrected chi connectivity index (χ4v) is 2.02. The summed E-state index contributed by atoms with van der Waals surface area (Å²) in [6.07, 6.45) is -2.37. The molecule has 0 bridgehead atoms. The lowest BCUT2D eigenvalue weighted by Crippen LogP contribution is -2.42. The van der Waals surface area contributed by atoms with Gasteiger partial charge in [0.05, 0.1) is 12.7 Å². The first-order valence-corrected chi connectivity index (χ1v) is 6.08. The van der Waals surface area contributed by atoms with Crippen LogP contribution < -0.4 is 5.32 Å². The third kappa shape index (κ3) is 7.16. The van der Waals surface area contributed by atoms with E-state index in [9.17, 15) is 14.7 Å². The van der Waals surface area contributed by atoms with E-state index in [2.05, 4.69) is 5.32 Å². The van der Waals surface area contributed by atoms with Gasteiger partial charge in [-0.25, -0.2) is 4.79 Å². The monoisotopic (exact) mass is 267 g/mol. The molecule has 0 aliphatic carbocycles. The van der Waals surface area contributed by atoms with Crippen molar-refractivity contribution in [1.29, 1.82) is 0 Å². The van der Waals surface area contributed by atoms with Gasteiger partial charge >= 0.3 is 5.97 Å². The molecule has 7 nitrogen and oxygen atoms in total. The first-order valence-electron chi connectivity index (χ1n) is 4.93. The van der Waals surface area contributed by atoms with Gasteiger partial charge in [0.25, 0.3) is 0 Å². The Morgan fingerprint density at radius 3 is 2.24 bits per heavy atom. The smallest absolute Gasteiger partial charge is 0.327 e. The van der Waals surface area contributed by atoms with Crippen molar-refractivity contribution in [2.45, 2.75) is 25.2 Å². The van der Waals surface area contributed by atoms with Crippen LogP contribution in [0.1, 0.15) is 6.92 Å². The minimum absolute atomic E-state index is 0.0735. The number of carboxylic acids is 1. The standard InChI is InChI=1S/C9H17NO6S/c1-5(12)10-6(9(15)16)3-17-4-8(14)7(13)2-11/h6-8,11,13-14H,2-4H2,1H3,(H,10,12)(H,15,16)/t6-,7?,8?/m0/s1. The molecule has 0 saturated carbocycles. The minimum Gasteiger partial charge on any atom is -0.480 e. The number of thioether (sulfide) groups is 1. The Morgan fingerprint density at radius 2 is 1.82 bits per heavy atom. The number of carboxylic acid groups (broad SMARTS) is 1.